The summed E-state index contributed by atoms with van der Waals surface area (Å²) in [6, 6.07) is 4.19. The Morgan fingerprint density at radius 3 is 2.72 bits per heavy atom. The number of carbonyl (C=O) groups is 1. The number of pyridine rings is 1. The van der Waals surface area contributed by atoms with Crippen molar-refractivity contribution in [3.8, 4) is 11.4 Å². The fraction of sp³-hybridized carbons (Fsp3) is 0.619. The average molecular weight is 417 g/mol. The smallest absolute Gasteiger partial charge is 0.230 e. The molecule has 0 spiro atoms. The Labute approximate surface area is 177 Å². The molecule has 1 aliphatic carbocycles. The van der Waals surface area contributed by atoms with Crippen molar-refractivity contribution < 1.29 is 4.79 Å². The Hall–Kier alpha value is -1.93. The quantitative estimate of drug-likeness (QED) is 0.633. The van der Waals surface area contributed by atoms with Crippen LogP contribution >= 0.6 is 11.8 Å². The van der Waals surface area contributed by atoms with Gasteiger partial charge in [0.05, 0.1) is 5.75 Å². The molecule has 2 aromatic rings. The van der Waals surface area contributed by atoms with Crippen LogP contribution in [0.5, 0.6) is 0 Å². The highest BCUT2D eigenvalue weighted by Crippen LogP contribution is 2.26. The van der Waals surface area contributed by atoms with Gasteiger partial charge in [-0.25, -0.2) is 0 Å². The maximum Gasteiger partial charge on any atom is 0.230 e. The van der Waals surface area contributed by atoms with Crippen molar-refractivity contribution in [3.63, 3.8) is 0 Å². The summed E-state index contributed by atoms with van der Waals surface area (Å²) >= 11 is 1.47. The maximum atomic E-state index is 12.5. The van der Waals surface area contributed by atoms with Gasteiger partial charge in [-0.05, 0) is 58.0 Å². The Balaban J connectivity index is 1.65. The van der Waals surface area contributed by atoms with E-state index in [2.05, 4.69) is 51.0 Å². The predicted molar refractivity (Wildman–Crippen MR) is 117 cm³/mol. The number of amides is 1. The van der Waals surface area contributed by atoms with Gasteiger partial charge in [-0.1, -0.05) is 31.5 Å². The maximum absolute atomic E-state index is 12.5. The van der Waals surface area contributed by atoms with Crippen molar-refractivity contribution in [2.45, 2.75) is 56.8 Å². The molecule has 0 aromatic carbocycles. The van der Waals surface area contributed by atoms with E-state index in [1.54, 1.807) is 12.4 Å². The average Bonchev–Trinajstić information content (AvgIpc) is 3.11. The third kappa shape index (κ3) is 6.27. The summed E-state index contributed by atoms with van der Waals surface area (Å²) in [5.74, 6) is 1.84. The summed E-state index contributed by atoms with van der Waals surface area (Å²) in [6.07, 6.45) is 9.29. The summed E-state index contributed by atoms with van der Waals surface area (Å²) < 4.78 is 2.13. The van der Waals surface area contributed by atoms with Gasteiger partial charge in [0, 0.05) is 30.5 Å². The van der Waals surface area contributed by atoms with Crippen LogP contribution in [0.25, 0.3) is 11.4 Å². The molecule has 2 heterocycles. The number of hydrogen-bond acceptors (Lipinski definition) is 6. The Bertz CT molecular complexity index is 779. The van der Waals surface area contributed by atoms with Crippen LogP contribution in [-0.4, -0.2) is 63.0 Å². The molecule has 3 rings (SSSR count). The molecule has 0 aliphatic heterocycles. The minimum atomic E-state index is 0.0852. The van der Waals surface area contributed by atoms with E-state index in [0.29, 0.717) is 17.7 Å². The Morgan fingerprint density at radius 2 is 2.00 bits per heavy atom. The first-order chi connectivity index (χ1) is 14.0. The van der Waals surface area contributed by atoms with Crippen LogP contribution in [0.1, 0.15) is 39.0 Å². The van der Waals surface area contributed by atoms with E-state index in [4.69, 9.17) is 0 Å². The monoisotopic (exact) mass is 416 g/mol. The molecular formula is C21H32N6OS. The van der Waals surface area contributed by atoms with Crippen LogP contribution in [-0.2, 0) is 11.3 Å². The zero-order valence-corrected chi connectivity index (χ0v) is 18.5. The zero-order chi connectivity index (χ0) is 20.6. The highest BCUT2D eigenvalue weighted by molar-refractivity contribution is 7.99. The SMILES string of the molecule is C[C@@H]1CCCC[C@H]1NC(=O)CSc1nnc(-c2ccncc2)n1CCCN(C)C. The van der Waals surface area contributed by atoms with E-state index in [-0.39, 0.29) is 5.91 Å². The van der Waals surface area contributed by atoms with E-state index in [1.807, 2.05) is 12.1 Å². The van der Waals surface area contributed by atoms with E-state index < -0.39 is 0 Å². The van der Waals surface area contributed by atoms with Crippen LogP contribution in [0.2, 0.25) is 0 Å². The number of nitrogens with zero attached hydrogens (tertiary/aromatic N) is 5. The van der Waals surface area contributed by atoms with Gasteiger partial charge in [-0.3, -0.25) is 9.78 Å². The van der Waals surface area contributed by atoms with Gasteiger partial charge in [-0.2, -0.15) is 0 Å². The number of thioether (sulfide) groups is 1. The van der Waals surface area contributed by atoms with Gasteiger partial charge in [0.15, 0.2) is 11.0 Å². The molecule has 2 aromatic heterocycles. The van der Waals surface area contributed by atoms with E-state index in [1.165, 1.54) is 31.0 Å². The third-order valence-corrected chi connectivity index (χ3v) is 6.40. The molecule has 8 heteroatoms. The molecule has 1 fully saturated rings. The van der Waals surface area contributed by atoms with Crippen molar-refractivity contribution in [3.05, 3.63) is 24.5 Å². The summed E-state index contributed by atoms with van der Waals surface area (Å²) in [5.41, 5.74) is 0.990. The van der Waals surface area contributed by atoms with Gasteiger partial charge < -0.3 is 14.8 Å². The molecule has 1 amide bonds. The molecule has 1 aliphatic rings. The van der Waals surface area contributed by atoms with Gasteiger partial charge in [0.25, 0.3) is 0 Å². The van der Waals surface area contributed by atoms with Gasteiger partial charge in [-0.15, -0.1) is 10.2 Å². The van der Waals surface area contributed by atoms with Crippen molar-refractivity contribution in [2.75, 3.05) is 26.4 Å². The fourth-order valence-corrected chi connectivity index (χ4v) is 4.54. The molecule has 1 saturated carbocycles. The molecule has 0 radical (unpaired) electrons. The molecule has 2 atom stereocenters. The topological polar surface area (TPSA) is 75.9 Å². The summed E-state index contributed by atoms with van der Waals surface area (Å²) in [4.78, 5) is 18.8. The standard InChI is InChI=1S/C21H32N6OS/c1-16-7-4-5-8-18(16)23-19(28)15-29-21-25-24-20(17-9-11-22-12-10-17)27(21)14-6-13-26(2)3/h9-12,16,18H,4-8,13-15H2,1-3H3,(H,23,28)/t16-,18-/m1/s1. The van der Waals surface area contributed by atoms with Crippen molar-refractivity contribution in [1.29, 1.82) is 0 Å². The van der Waals surface area contributed by atoms with Gasteiger partial charge >= 0.3 is 0 Å². The number of nitrogens with one attached hydrogen (secondary N) is 1. The van der Waals surface area contributed by atoms with Crippen molar-refractivity contribution in [1.82, 2.24) is 30.0 Å². The van der Waals surface area contributed by atoms with Crippen LogP contribution < -0.4 is 5.32 Å². The molecule has 1 N–H and O–H groups in total. The minimum Gasteiger partial charge on any atom is -0.352 e. The lowest BCUT2D eigenvalue weighted by Gasteiger charge is -2.29. The molecule has 158 valence electrons. The van der Waals surface area contributed by atoms with Gasteiger partial charge in [0.2, 0.25) is 5.91 Å². The second-order valence-electron chi connectivity index (χ2n) is 8.07. The summed E-state index contributed by atoms with van der Waals surface area (Å²) in [6.45, 7) is 4.03. The summed E-state index contributed by atoms with van der Waals surface area (Å²) in [7, 11) is 4.14. The first kappa shape index (κ1) is 21.8. The van der Waals surface area contributed by atoms with Crippen LogP contribution in [0.15, 0.2) is 29.7 Å². The second-order valence-corrected chi connectivity index (χ2v) is 9.02. The highest BCUT2D eigenvalue weighted by atomic mass is 32.2. The third-order valence-electron chi connectivity index (χ3n) is 5.43. The molecule has 0 bridgehead atoms. The largest absolute Gasteiger partial charge is 0.352 e. The first-order valence-corrected chi connectivity index (χ1v) is 11.4. The van der Waals surface area contributed by atoms with E-state index >= 15 is 0 Å². The lowest BCUT2D eigenvalue weighted by atomic mass is 9.86. The number of carbonyl (C=O) groups excluding carboxylic acids is 1. The Kier molecular flexibility index (Phi) is 8.06. The lowest BCUT2D eigenvalue weighted by molar-refractivity contribution is -0.119. The van der Waals surface area contributed by atoms with Crippen molar-refractivity contribution >= 4 is 17.7 Å². The number of hydrogen-bond donors (Lipinski definition) is 1. The van der Waals surface area contributed by atoms with Crippen molar-refractivity contribution in [2.24, 2.45) is 5.92 Å². The molecule has 0 unspecified atom stereocenters. The van der Waals surface area contributed by atoms with Crippen LogP contribution in [0.4, 0.5) is 0 Å². The second kappa shape index (κ2) is 10.7. The normalized spacial score (nSPS) is 19.4. The summed E-state index contributed by atoms with van der Waals surface area (Å²) in [5, 5.41) is 12.8. The minimum absolute atomic E-state index is 0.0852. The number of aromatic nitrogens is 4. The van der Waals surface area contributed by atoms with E-state index in [9.17, 15) is 4.79 Å². The van der Waals surface area contributed by atoms with E-state index in [0.717, 1.165) is 42.5 Å². The predicted octanol–water partition coefficient (Wildman–Crippen LogP) is 3.08. The lowest BCUT2D eigenvalue weighted by Crippen LogP contribution is -2.41. The molecule has 29 heavy (non-hydrogen) atoms. The van der Waals surface area contributed by atoms with Gasteiger partial charge in [0.1, 0.15) is 0 Å². The molecular weight excluding hydrogens is 384 g/mol. The molecule has 0 saturated heterocycles. The number of rotatable bonds is 9. The van der Waals surface area contributed by atoms with Crippen LogP contribution in [0.3, 0.4) is 0 Å². The molecule has 7 nitrogen and oxygen atoms in total. The first-order valence-electron chi connectivity index (χ1n) is 10.4. The highest BCUT2D eigenvalue weighted by Gasteiger charge is 2.23. The van der Waals surface area contributed by atoms with Crippen LogP contribution in [0, 0.1) is 5.92 Å². The Morgan fingerprint density at radius 1 is 1.24 bits per heavy atom. The zero-order valence-electron chi connectivity index (χ0n) is 17.7. The fourth-order valence-electron chi connectivity index (χ4n) is 3.77.